The third-order valence-corrected chi connectivity index (χ3v) is 5.13. The van der Waals surface area contributed by atoms with Gasteiger partial charge in [-0.3, -0.25) is 14.4 Å². The molecule has 0 aromatic heterocycles. The molecule has 0 aliphatic carbocycles. The molecule has 0 fully saturated rings. The summed E-state index contributed by atoms with van der Waals surface area (Å²) in [5, 5.41) is 4.80. The van der Waals surface area contributed by atoms with Gasteiger partial charge in [-0.1, -0.05) is 30.3 Å². The average molecular weight is 400 g/mol. The number of benzene rings is 2. The smallest absolute Gasteiger partial charge is 0.307 e. The van der Waals surface area contributed by atoms with Crippen LogP contribution in [0.1, 0.15) is 6.42 Å². The Labute approximate surface area is 166 Å². The molecule has 0 spiro atoms. The van der Waals surface area contributed by atoms with Crippen molar-refractivity contribution in [3.8, 4) is 5.75 Å². The molecule has 1 aliphatic heterocycles. The van der Waals surface area contributed by atoms with Crippen molar-refractivity contribution in [2.75, 3.05) is 25.1 Å². The summed E-state index contributed by atoms with van der Waals surface area (Å²) in [6.07, 6.45) is -0.102. The van der Waals surface area contributed by atoms with Crippen molar-refractivity contribution in [1.82, 2.24) is 5.32 Å². The highest BCUT2D eigenvalue weighted by Crippen LogP contribution is 2.36. The number of ether oxygens (including phenoxy) is 2. The van der Waals surface area contributed by atoms with Gasteiger partial charge in [0, 0.05) is 4.90 Å². The molecule has 28 heavy (non-hydrogen) atoms. The van der Waals surface area contributed by atoms with E-state index >= 15 is 0 Å². The van der Waals surface area contributed by atoms with Crippen LogP contribution in [0.4, 0.5) is 5.69 Å². The van der Waals surface area contributed by atoms with Gasteiger partial charge in [0.2, 0.25) is 5.91 Å². The van der Waals surface area contributed by atoms with E-state index in [1.165, 1.54) is 11.8 Å². The standard InChI is InChI=1S/C20H20N2O5S/c23-18(21-10-11-26-14-6-2-1-3-7-14)13-27-19(24)12-17-20(25)22-15-8-4-5-9-16(15)28-17/h1-9,17H,10-13H2,(H,21,23)(H,22,25)/t17-/m0/s1. The van der Waals surface area contributed by atoms with Gasteiger partial charge in [-0.25, -0.2) is 0 Å². The molecule has 1 heterocycles. The summed E-state index contributed by atoms with van der Waals surface area (Å²) < 4.78 is 10.4. The van der Waals surface area contributed by atoms with Crippen LogP contribution < -0.4 is 15.4 Å². The molecule has 0 bridgehead atoms. The fraction of sp³-hybridized carbons (Fsp3) is 0.250. The van der Waals surface area contributed by atoms with Crippen LogP contribution in [0.25, 0.3) is 0 Å². The van der Waals surface area contributed by atoms with Crippen LogP contribution in [0.15, 0.2) is 59.5 Å². The number of fused-ring (bicyclic) bond motifs is 1. The summed E-state index contributed by atoms with van der Waals surface area (Å²) in [5.74, 6) is -0.546. The number of carbonyl (C=O) groups is 3. The number of para-hydroxylation sites is 2. The van der Waals surface area contributed by atoms with Gasteiger partial charge >= 0.3 is 5.97 Å². The van der Waals surface area contributed by atoms with Crippen molar-refractivity contribution in [3.63, 3.8) is 0 Å². The Morgan fingerprint density at radius 1 is 1.07 bits per heavy atom. The van der Waals surface area contributed by atoms with Gasteiger partial charge in [-0.15, -0.1) is 11.8 Å². The lowest BCUT2D eigenvalue weighted by atomic mass is 10.2. The average Bonchev–Trinajstić information content (AvgIpc) is 2.71. The van der Waals surface area contributed by atoms with Crippen molar-refractivity contribution >= 4 is 35.2 Å². The molecule has 8 heteroatoms. The number of esters is 1. The van der Waals surface area contributed by atoms with Crippen LogP contribution in [0.3, 0.4) is 0 Å². The van der Waals surface area contributed by atoms with Crippen molar-refractivity contribution in [1.29, 1.82) is 0 Å². The number of thioether (sulfide) groups is 1. The first-order chi connectivity index (χ1) is 13.6. The highest BCUT2D eigenvalue weighted by Gasteiger charge is 2.29. The van der Waals surface area contributed by atoms with E-state index in [4.69, 9.17) is 9.47 Å². The van der Waals surface area contributed by atoms with E-state index in [0.29, 0.717) is 18.9 Å². The third kappa shape index (κ3) is 5.75. The van der Waals surface area contributed by atoms with Crippen molar-refractivity contribution in [2.24, 2.45) is 0 Å². The van der Waals surface area contributed by atoms with Gasteiger partial charge in [0.1, 0.15) is 12.4 Å². The Morgan fingerprint density at radius 3 is 2.64 bits per heavy atom. The molecule has 1 aliphatic rings. The fourth-order valence-corrected chi connectivity index (χ4v) is 3.61. The van der Waals surface area contributed by atoms with E-state index in [1.807, 2.05) is 48.5 Å². The molecule has 0 saturated heterocycles. The van der Waals surface area contributed by atoms with E-state index in [-0.39, 0.29) is 18.9 Å². The number of anilines is 1. The SMILES string of the molecule is O=C(COC(=O)C[C@@H]1Sc2ccccc2NC1=O)NCCOc1ccccc1. The van der Waals surface area contributed by atoms with Crippen LogP contribution in [-0.2, 0) is 19.1 Å². The number of rotatable bonds is 8. The topological polar surface area (TPSA) is 93.7 Å². The molecule has 7 nitrogen and oxygen atoms in total. The number of carbonyl (C=O) groups excluding carboxylic acids is 3. The summed E-state index contributed by atoms with van der Waals surface area (Å²) in [7, 11) is 0. The molecule has 2 aromatic carbocycles. The molecule has 2 amide bonds. The Morgan fingerprint density at radius 2 is 1.82 bits per heavy atom. The monoisotopic (exact) mass is 400 g/mol. The molecule has 1 atom stereocenters. The molecule has 0 unspecified atom stereocenters. The number of hydrogen-bond donors (Lipinski definition) is 2. The van der Waals surface area contributed by atoms with E-state index < -0.39 is 17.1 Å². The molecular weight excluding hydrogens is 380 g/mol. The molecule has 3 rings (SSSR count). The van der Waals surface area contributed by atoms with Crippen molar-refractivity contribution < 1.29 is 23.9 Å². The number of amides is 2. The second kappa shape index (κ2) is 9.80. The highest BCUT2D eigenvalue weighted by molar-refractivity contribution is 8.01. The normalized spacial score (nSPS) is 15.1. The zero-order valence-corrected chi connectivity index (χ0v) is 15.9. The van der Waals surface area contributed by atoms with Crippen LogP contribution in [0.5, 0.6) is 5.75 Å². The molecule has 0 saturated carbocycles. The maximum Gasteiger partial charge on any atom is 0.307 e. The van der Waals surface area contributed by atoms with Crippen LogP contribution in [0, 0.1) is 0 Å². The summed E-state index contributed by atoms with van der Waals surface area (Å²) in [4.78, 5) is 36.7. The van der Waals surface area contributed by atoms with Gasteiger partial charge in [0.25, 0.3) is 5.91 Å². The van der Waals surface area contributed by atoms with Crippen molar-refractivity contribution in [3.05, 3.63) is 54.6 Å². The largest absolute Gasteiger partial charge is 0.492 e. The zero-order valence-electron chi connectivity index (χ0n) is 15.1. The highest BCUT2D eigenvalue weighted by atomic mass is 32.2. The Hall–Kier alpha value is -3.00. The van der Waals surface area contributed by atoms with E-state index in [9.17, 15) is 14.4 Å². The molecule has 2 aromatic rings. The maximum absolute atomic E-state index is 12.1. The van der Waals surface area contributed by atoms with Crippen LogP contribution in [0.2, 0.25) is 0 Å². The van der Waals surface area contributed by atoms with Crippen LogP contribution >= 0.6 is 11.8 Å². The lowest BCUT2D eigenvalue weighted by Gasteiger charge is -2.23. The lowest BCUT2D eigenvalue weighted by molar-refractivity contribution is -0.149. The lowest BCUT2D eigenvalue weighted by Crippen LogP contribution is -2.34. The molecular formula is C20H20N2O5S. The van der Waals surface area contributed by atoms with Gasteiger partial charge in [0.05, 0.1) is 23.9 Å². The quantitative estimate of drug-likeness (QED) is 0.521. The van der Waals surface area contributed by atoms with Crippen molar-refractivity contribution in [2.45, 2.75) is 16.6 Å². The first-order valence-electron chi connectivity index (χ1n) is 8.78. The minimum Gasteiger partial charge on any atom is -0.492 e. The Kier molecular flexibility index (Phi) is 6.91. The van der Waals surface area contributed by atoms with Crippen LogP contribution in [-0.4, -0.2) is 42.8 Å². The Bertz CT molecular complexity index is 843. The Balaban J connectivity index is 1.34. The number of hydrogen-bond acceptors (Lipinski definition) is 6. The second-order valence-electron chi connectivity index (χ2n) is 5.97. The second-order valence-corrected chi connectivity index (χ2v) is 7.21. The first kappa shape index (κ1) is 19.8. The van der Waals surface area contributed by atoms with Gasteiger partial charge < -0.3 is 20.1 Å². The fourth-order valence-electron chi connectivity index (χ4n) is 2.51. The number of nitrogens with one attached hydrogen (secondary N) is 2. The summed E-state index contributed by atoms with van der Waals surface area (Å²) in [6, 6.07) is 16.6. The summed E-state index contributed by atoms with van der Waals surface area (Å²) >= 11 is 1.31. The predicted molar refractivity (Wildman–Crippen MR) is 105 cm³/mol. The maximum atomic E-state index is 12.1. The third-order valence-electron chi connectivity index (χ3n) is 3.86. The summed E-state index contributed by atoms with van der Waals surface area (Å²) in [5.41, 5.74) is 0.735. The molecule has 2 N–H and O–H groups in total. The van der Waals surface area contributed by atoms with E-state index in [1.54, 1.807) is 6.07 Å². The van der Waals surface area contributed by atoms with Gasteiger partial charge in [0.15, 0.2) is 6.61 Å². The minimum absolute atomic E-state index is 0.102. The van der Waals surface area contributed by atoms with E-state index in [2.05, 4.69) is 10.6 Å². The zero-order chi connectivity index (χ0) is 19.8. The van der Waals surface area contributed by atoms with E-state index in [0.717, 1.165) is 10.6 Å². The first-order valence-corrected chi connectivity index (χ1v) is 9.66. The molecule has 146 valence electrons. The summed E-state index contributed by atoms with van der Waals surface area (Å²) in [6.45, 7) is 0.213. The van der Waals surface area contributed by atoms with Gasteiger partial charge in [-0.2, -0.15) is 0 Å². The molecule has 0 radical (unpaired) electrons. The minimum atomic E-state index is -0.595. The predicted octanol–water partition coefficient (Wildman–Crippen LogP) is 2.23. The van der Waals surface area contributed by atoms with Gasteiger partial charge in [-0.05, 0) is 24.3 Å².